The number of carboxylic acid groups (broad SMARTS) is 1. The number of carbonyl (C=O) groups excluding carboxylic acids is 1. The molecular formula is C25H21Cl2N3O3S. The molecule has 6 nitrogen and oxygen atoms in total. The van der Waals surface area contributed by atoms with E-state index in [4.69, 9.17) is 23.2 Å². The summed E-state index contributed by atoms with van der Waals surface area (Å²) in [7, 11) is 0. The van der Waals surface area contributed by atoms with Gasteiger partial charge in [-0.3, -0.25) is 4.79 Å². The van der Waals surface area contributed by atoms with E-state index in [1.807, 2.05) is 42.5 Å². The van der Waals surface area contributed by atoms with Gasteiger partial charge in [0.25, 0.3) is 5.91 Å². The number of fused-ring (bicyclic) bond motifs is 1. The number of aliphatic carboxylic acids is 1. The third-order valence-corrected chi connectivity index (χ3v) is 7.03. The second-order valence-corrected chi connectivity index (χ2v) is 9.85. The van der Waals surface area contributed by atoms with Gasteiger partial charge in [0.2, 0.25) is 0 Å². The molecule has 1 amide bonds. The second-order valence-electron chi connectivity index (χ2n) is 8.04. The van der Waals surface area contributed by atoms with Crippen molar-refractivity contribution in [2.24, 2.45) is 5.92 Å². The van der Waals surface area contributed by atoms with Crippen LogP contribution in [0, 0.1) is 5.92 Å². The zero-order valence-corrected chi connectivity index (χ0v) is 20.6. The summed E-state index contributed by atoms with van der Waals surface area (Å²) in [6.07, 6.45) is 0. The van der Waals surface area contributed by atoms with Gasteiger partial charge < -0.3 is 15.7 Å². The maximum Gasteiger partial charge on any atom is 0.326 e. The van der Waals surface area contributed by atoms with E-state index >= 15 is 0 Å². The van der Waals surface area contributed by atoms with Crippen molar-refractivity contribution in [1.82, 2.24) is 10.3 Å². The van der Waals surface area contributed by atoms with Crippen LogP contribution in [0.2, 0.25) is 10.0 Å². The number of anilines is 2. The van der Waals surface area contributed by atoms with Crippen LogP contribution in [-0.2, 0) is 4.79 Å². The lowest BCUT2D eigenvalue weighted by Gasteiger charge is -2.18. The molecule has 34 heavy (non-hydrogen) atoms. The third kappa shape index (κ3) is 5.17. The minimum absolute atomic E-state index is 0.227. The molecule has 174 valence electrons. The topological polar surface area (TPSA) is 91.3 Å². The highest BCUT2D eigenvalue weighted by Gasteiger charge is 2.25. The highest BCUT2D eigenvalue weighted by molar-refractivity contribution is 7.22. The van der Waals surface area contributed by atoms with Crippen LogP contribution in [0.15, 0.2) is 60.7 Å². The van der Waals surface area contributed by atoms with Gasteiger partial charge in [0.1, 0.15) is 6.04 Å². The molecule has 1 aromatic heterocycles. The Morgan fingerprint density at radius 3 is 2.29 bits per heavy atom. The quantitative estimate of drug-likeness (QED) is 0.251. The van der Waals surface area contributed by atoms with Crippen molar-refractivity contribution >= 4 is 67.5 Å². The Hall–Kier alpha value is -3.13. The van der Waals surface area contributed by atoms with Crippen LogP contribution in [0.25, 0.3) is 21.3 Å². The zero-order chi connectivity index (χ0) is 24.4. The standard InChI is InChI=1S/C25H21Cl2N3O3S/c1-13(2)21(24(32)33)30-23(31)17-11-8-15(12-19(17)27)14-6-9-16(10-7-14)28-25-29-20-5-3-4-18(26)22(20)34-25/h3-13,21H,1-2H3,(H,28,29)(H,30,31)(H,32,33)/t21-/m0/s1. The zero-order valence-electron chi connectivity index (χ0n) is 18.3. The van der Waals surface area contributed by atoms with E-state index in [-0.39, 0.29) is 16.5 Å². The normalized spacial score (nSPS) is 12.0. The summed E-state index contributed by atoms with van der Waals surface area (Å²) in [5.74, 6) is -1.86. The van der Waals surface area contributed by atoms with Crippen molar-refractivity contribution in [3.63, 3.8) is 0 Å². The fourth-order valence-corrected chi connectivity index (χ4v) is 4.89. The molecule has 0 aliphatic heterocycles. The van der Waals surface area contributed by atoms with Crippen molar-refractivity contribution in [2.75, 3.05) is 5.32 Å². The first kappa shape index (κ1) is 24.0. The Morgan fingerprint density at radius 2 is 1.68 bits per heavy atom. The van der Waals surface area contributed by atoms with Crippen molar-refractivity contribution in [3.8, 4) is 11.1 Å². The van der Waals surface area contributed by atoms with E-state index in [2.05, 4.69) is 15.6 Å². The van der Waals surface area contributed by atoms with E-state index in [0.717, 1.165) is 32.2 Å². The Bertz CT molecular complexity index is 1370. The van der Waals surface area contributed by atoms with Gasteiger partial charge >= 0.3 is 5.97 Å². The van der Waals surface area contributed by atoms with Crippen molar-refractivity contribution < 1.29 is 14.7 Å². The van der Waals surface area contributed by atoms with Crippen LogP contribution >= 0.6 is 34.5 Å². The predicted octanol–water partition coefficient (Wildman–Crippen LogP) is 6.85. The smallest absolute Gasteiger partial charge is 0.326 e. The predicted molar refractivity (Wildman–Crippen MR) is 139 cm³/mol. The van der Waals surface area contributed by atoms with E-state index in [1.165, 1.54) is 11.3 Å². The number of hydrogen-bond donors (Lipinski definition) is 3. The second kappa shape index (κ2) is 10.0. The van der Waals surface area contributed by atoms with Crippen LogP contribution in [-0.4, -0.2) is 28.0 Å². The SMILES string of the molecule is CC(C)[C@H](NC(=O)c1ccc(-c2ccc(Nc3nc4cccc(Cl)c4s3)cc2)cc1Cl)C(=O)O. The fraction of sp³-hybridized carbons (Fsp3) is 0.160. The fourth-order valence-electron chi connectivity index (χ4n) is 3.45. The first-order chi connectivity index (χ1) is 16.2. The molecule has 1 heterocycles. The van der Waals surface area contributed by atoms with Gasteiger partial charge in [-0.25, -0.2) is 9.78 Å². The van der Waals surface area contributed by atoms with Crippen LogP contribution < -0.4 is 10.6 Å². The monoisotopic (exact) mass is 513 g/mol. The Balaban J connectivity index is 1.49. The molecule has 0 fully saturated rings. The highest BCUT2D eigenvalue weighted by Crippen LogP contribution is 2.34. The first-order valence-corrected chi connectivity index (χ1v) is 12.1. The number of benzene rings is 3. The number of carbonyl (C=O) groups is 2. The summed E-state index contributed by atoms with van der Waals surface area (Å²) >= 11 is 14.1. The van der Waals surface area contributed by atoms with Crippen molar-refractivity contribution in [2.45, 2.75) is 19.9 Å². The number of nitrogens with zero attached hydrogens (tertiary/aromatic N) is 1. The molecule has 3 aromatic carbocycles. The van der Waals surface area contributed by atoms with Crippen LogP contribution in [0.5, 0.6) is 0 Å². The molecule has 0 unspecified atom stereocenters. The largest absolute Gasteiger partial charge is 0.480 e. The van der Waals surface area contributed by atoms with Gasteiger partial charge in [0, 0.05) is 5.69 Å². The lowest BCUT2D eigenvalue weighted by atomic mass is 10.0. The van der Waals surface area contributed by atoms with Crippen LogP contribution in [0.4, 0.5) is 10.8 Å². The molecule has 1 atom stereocenters. The van der Waals surface area contributed by atoms with E-state index in [0.29, 0.717) is 5.02 Å². The molecule has 4 rings (SSSR count). The molecule has 0 radical (unpaired) electrons. The van der Waals surface area contributed by atoms with E-state index in [9.17, 15) is 14.7 Å². The molecule has 9 heteroatoms. The Kier molecular flexibility index (Phi) is 7.07. The van der Waals surface area contributed by atoms with Crippen LogP contribution in [0.1, 0.15) is 24.2 Å². The summed E-state index contributed by atoms with van der Waals surface area (Å²) < 4.78 is 0.935. The molecule has 0 aliphatic carbocycles. The lowest BCUT2D eigenvalue weighted by Crippen LogP contribution is -2.44. The summed E-state index contributed by atoms with van der Waals surface area (Å²) in [5.41, 5.74) is 3.69. The van der Waals surface area contributed by atoms with Crippen molar-refractivity contribution in [3.05, 3.63) is 76.3 Å². The Morgan fingerprint density at radius 1 is 0.971 bits per heavy atom. The highest BCUT2D eigenvalue weighted by atomic mass is 35.5. The minimum atomic E-state index is -1.08. The summed E-state index contributed by atoms with van der Waals surface area (Å²) in [6, 6.07) is 17.5. The number of hydrogen-bond acceptors (Lipinski definition) is 5. The van der Waals surface area contributed by atoms with Gasteiger partial charge in [-0.2, -0.15) is 0 Å². The summed E-state index contributed by atoms with van der Waals surface area (Å²) in [5, 5.41) is 16.8. The number of carboxylic acids is 1. The molecule has 0 saturated carbocycles. The maximum absolute atomic E-state index is 12.6. The average Bonchev–Trinajstić information content (AvgIpc) is 3.21. The molecule has 0 saturated heterocycles. The van der Waals surface area contributed by atoms with Gasteiger partial charge in [0.15, 0.2) is 5.13 Å². The number of thiazole rings is 1. The summed E-state index contributed by atoms with van der Waals surface area (Å²) in [4.78, 5) is 28.5. The minimum Gasteiger partial charge on any atom is -0.480 e. The molecular weight excluding hydrogens is 493 g/mol. The number of rotatable bonds is 7. The number of nitrogens with one attached hydrogen (secondary N) is 2. The third-order valence-electron chi connectivity index (χ3n) is 5.27. The lowest BCUT2D eigenvalue weighted by molar-refractivity contribution is -0.140. The number of halogens is 2. The number of aromatic nitrogens is 1. The molecule has 0 spiro atoms. The summed E-state index contributed by atoms with van der Waals surface area (Å²) in [6.45, 7) is 3.46. The average molecular weight is 514 g/mol. The number of amides is 1. The molecule has 4 aromatic rings. The van der Waals surface area contributed by atoms with Gasteiger partial charge in [-0.15, -0.1) is 0 Å². The molecule has 0 bridgehead atoms. The molecule has 3 N–H and O–H groups in total. The van der Waals surface area contributed by atoms with E-state index < -0.39 is 17.9 Å². The molecule has 0 aliphatic rings. The van der Waals surface area contributed by atoms with E-state index in [1.54, 1.807) is 32.0 Å². The van der Waals surface area contributed by atoms with Crippen molar-refractivity contribution in [1.29, 1.82) is 0 Å². The maximum atomic E-state index is 12.6. The van der Waals surface area contributed by atoms with Gasteiger partial charge in [0.05, 0.1) is 25.8 Å². The van der Waals surface area contributed by atoms with Gasteiger partial charge in [-0.05, 0) is 53.4 Å². The Labute approximate surface area is 210 Å². The van der Waals surface area contributed by atoms with Gasteiger partial charge in [-0.1, -0.05) is 72.7 Å². The van der Waals surface area contributed by atoms with Crippen LogP contribution in [0.3, 0.4) is 0 Å². The first-order valence-electron chi connectivity index (χ1n) is 10.5.